The number of carbonyl (C=O) groups excluding carboxylic acids is 2. The molecule has 3 aromatic rings. The van der Waals surface area contributed by atoms with Gasteiger partial charge in [0.25, 0.3) is 0 Å². The van der Waals surface area contributed by atoms with Crippen LogP contribution < -0.4 is 0 Å². The second kappa shape index (κ2) is 9.64. The monoisotopic (exact) mass is 437 g/mol. The van der Waals surface area contributed by atoms with Crippen molar-refractivity contribution in [1.82, 2.24) is 15.4 Å². The Balaban J connectivity index is 1.82. The molecule has 1 heterocycles. The minimum atomic E-state index is -0.561. The predicted octanol–water partition coefficient (Wildman–Crippen LogP) is 3.83. The fraction of sp³-hybridized carbons (Fsp3) is 0.333. The Morgan fingerprint density at radius 3 is 2.62 bits per heavy atom. The van der Waals surface area contributed by atoms with Gasteiger partial charge in [0, 0.05) is 29.2 Å². The number of aromatic amines is 1. The Kier molecular flexibility index (Phi) is 6.92. The number of rotatable bonds is 8. The molecule has 8 nitrogen and oxygen atoms in total. The number of phenols is 1. The number of aromatic nitrogens is 3. The van der Waals surface area contributed by atoms with Crippen molar-refractivity contribution in [2.75, 3.05) is 13.2 Å². The van der Waals surface area contributed by atoms with Gasteiger partial charge in [-0.05, 0) is 29.5 Å². The van der Waals surface area contributed by atoms with E-state index in [-0.39, 0.29) is 30.8 Å². The number of phenolic OH excluding ortho intramolecular Hbond substituents is 1. The van der Waals surface area contributed by atoms with Gasteiger partial charge in [-0.1, -0.05) is 50.8 Å². The molecule has 0 saturated carbocycles. The molecule has 0 fully saturated rings. The number of ether oxygens (including phenoxy) is 2. The van der Waals surface area contributed by atoms with Crippen LogP contribution in [0.15, 0.2) is 43.0 Å². The summed E-state index contributed by atoms with van der Waals surface area (Å²) in [5, 5.41) is 22.0. The summed E-state index contributed by atoms with van der Waals surface area (Å²) in [7, 11) is 0. The zero-order valence-corrected chi connectivity index (χ0v) is 18.5. The van der Waals surface area contributed by atoms with E-state index in [1.54, 1.807) is 0 Å². The van der Waals surface area contributed by atoms with Gasteiger partial charge in [0.2, 0.25) is 0 Å². The van der Waals surface area contributed by atoms with Crippen LogP contribution >= 0.6 is 0 Å². The fourth-order valence-electron chi connectivity index (χ4n) is 3.38. The van der Waals surface area contributed by atoms with Crippen molar-refractivity contribution >= 4 is 23.0 Å². The molecule has 2 N–H and O–H groups in total. The number of H-pyrrole nitrogens is 1. The van der Waals surface area contributed by atoms with Gasteiger partial charge in [-0.25, -0.2) is 4.79 Å². The van der Waals surface area contributed by atoms with Gasteiger partial charge in [0.15, 0.2) is 0 Å². The second-order valence-corrected chi connectivity index (χ2v) is 8.40. The molecule has 1 aromatic heterocycles. The molecule has 3 rings (SSSR count). The van der Waals surface area contributed by atoms with Crippen LogP contribution in [0.2, 0.25) is 0 Å². The van der Waals surface area contributed by atoms with Crippen molar-refractivity contribution in [2.24, 2.45) is 0 Å². The van der Waals surface area contributed by atoms with E-state index in [1.165, 1.54) is 0 Å². The van der Waals surface area contributed by atoms with Gasteiger partial charge in [0.05, 0.1) is 5.52 Å². The van der Waals surface area contributed by atoms with Crippen LogP contribution in [-0.2, 0) is 30.9 Å². The van der Waals surface area contributed by atoms with Crippen molar-refractivity contribution in [2.45, 2.75) is 39.0 Å². The lowest BCUT2D eigenvalue weighted by Gasteiger charge is -2.23. The third kappa shape index (κ3) is 5.32. The van der Waals surface area contributed by atoms with Crippen LogP contribution in [0.25, 0.3) is 22.2 Å². The molecule has 0 unspecified atom stereocenters. The molecular weight excluding hydrogens is 410 g/mol. The predicted molar refractivity (Wildman–Crippen MR) is 120 cm³/mol. The van der Waals surface area contributed by atoms with E-state index in [0.29, 0.717) is 17.5 Å². The number of benzene rings is 2. The number of fused-ring (bicyclic) bond motifs is 1. The van der Waals surface area contributed by atoms with E-state index in [2.05, 4.69) is 22.0 Å². The highest BCUT2D eigenvalue weighted by Gasteiger charge is 2.23. The largest absolute Gasteiger partial charge is 0.507 e. The third-order valence-electron chi connectivity index (χ3n) is 5.00. The maximum absolute atomic E-state index is 12.1. The number of hydrogen-bond donors (Lipinski definition) is 2. The molecule has 0 saturated heterocycles. The molecule has 0 aliphatic carbocycles. The number of hydrogen-bond acceptors (Lipinski definition) is 7. The summed E-state index contributed by atoms with van der Waals surface area (Å²) >= 11 is 0. The zero-order chi connectivity index (χ0) is 23.3. The van der Waals surface area contributed by atoms with Crippen molar-refractivity contribution in [1.29, 1.82) is 0 Å². The lowest BCUT2D eigenvalue weighted by molar-refractivity contribution is -0.149. The Hall–Kier alpha value is -3.68. The van der Waals surface area contributed by atoms with Crippen LogP contribution in [0.1, 0.15) is 38.3 Å². The molecule has 0 radical (unpaired) electrons. The minimum Gasteiger partial charge on any atom is -0.507 e. The molecule has 0 amide bonds. The summed E-state index contributed by atoms with van der Waals surface area (Å²) in [5.41, 5.74) is 4.17. The summed E-state index contributed by atoms with van der Waals surface area (Å²) in [6, 6.07) is 9.41. The molecule has 2 aromatic carbocycles. The summed E-state index contributed by atoms with van der Waals surface area (Å²) in [6.45, 7) is 9.33. The average molecular weight is 437 g/mol. The first-order valence-corrected chi connectivity index (χ1v) is 10.3. The smallest absolute Gasteiger partial charge is 0.330 e. The zero-order valence-electron chi connectivity index (χ0n) is 18.5. The molecule has 0 spiro atoms. The summed E-state index contributed by atoms with van der Waals surface area (Å²) in [5.74, 6) is -0.775. The van der Waals surface area contributed by atoms with E-state index in [4.69, 9.17) is 9.47 Å². The number of nitrogens with zero attached hydrogens (tertiary/aromatic N) is 2. The quantitative estimate of drug-likeness (QED) is 0.313. The Morgan fingerprint density at radius 2 is 1.91 bits per heavy atom. The van der Waals surface area contributed by atoms with E-state index in [0.717, 1.165) is 28.3 Å². The summed E-state index contributed by atoms with van der Waals surface area (Å²) < 4.78 is 9.91. The van der Waals surface area contributed by atoms with E-state index in [9.17, 15) is 14.7 Å². The van der Waals surface area contributed by atoms with Gasteiger partial charge in [0.1, 0.15) is 24.5 Å². The SMILES string of the molecule is C=CC(=O)OCCOC(=O)CCc1cc(-c2cccc3[nH]nnc23)c(O)c(C(C)(C)C)c1. The molecule has 0 bridgehead atoms. The molecular formula is C24H27N3O5. The van der Waals surface area contributed by atoms with Gasteiger partial charge >= 0.3 is 11.9 Å². The standard InChI is InChI=1S/C24H27N3O5/c1-5-20(28)31-11-12-32-21(29)10-9-15-13-17(23(30)18(14-15)24(2,3)4)16-7-6-8-19-22(16)26-27-25-19/h5-8,13-14,30H,1,9-12H2,2-4H3,(H,25,26,27). The first kappa shape index (κ1) is 23.0. The number of aromatic hydroxyl groups is 1. The Bertz CT molecular complexity index is 1140. The fourth-order valence-corrected chi connectivity index (χ4v) is 3.38. The van der Waals surface area contributed by atoms with Crippen molar-refractivity contribution < 1.29 is 24.2 Å². The topological polar surface area (TPSA) is 114 Å². The van der Waals surface area contributed by atoms with E-state index >= 15 is 0 Å². The highest BCUT2D eigenvalue weighted by atomic mass is 16.6. The highest BCUT2D eigenvalue weighted by Crippen LogP contribution is 2.41. The van der Waals surface area contributed by atoms with Gasteiger partial charge in [-0.2, -0.15) is 0 Å². The first-order valence-electron chi connectivity index (χ1n) is 10.3. The maximum atomic E-state index is 12.1. The molecule has 8 heteroatoms. The lowest BCUT2D eigenvalue weighted by Crippen LogP contribution is -2.14. The second-order valence-electron chi connectivity index (χ2n) is 8.40. The highest BCUT2D eigenvalue weighted by molar-refractivity contribution is 5.93. The van der Waals surface area contributed by atoms with E-state index in [1.807, 2.05) is 51.1 Å². The number of aryl methyl sites for hydroxylation is 1. The van der Waals surface area contributed by atoms with Gasteiger partial charge < -0.3 is 14.6 Å². The third-order valence-corrected chi connectivity index (χ3v) is 5.00. The Labute approximate surface area is 186 Å². The number of esters is 2. The van der Waals surface area contributed by atoms with Crippen molar-refractivity contribution in [3.8, 4) is 16.9 Å². The Morgan fingerprint density at radius 1 is 1.16 bits per heavy atom. The van der Waals surface area contributed by atoms with Crippen LogP contribution in [0.4, 0.5) is 0 Å². The average Bonchev–Trinajstić information content (AvgIpc) is 3.24. The van der Waals surface area contributed by atoms with Crippen LogP contribution in [-0.4, -0.2) is 45.7 Å². The number of nitrogens with one attached hydrogen (secondary N) is 1. The van der Waals surface area contributed by atoms with Crippen LogP contribution in [0.5, 0.6) is 5.75 Å². The number of carbonyl (C=O) groups is 2. The molecule has 32 heavy (non-hydrogen) atoms. The summed E-state index contributed by atoms with van der Waals surface area (Å²) in [4.78, 5) is 23.1. The van der Waals surface area contributed by atoms with E-state index < -0.39 is 11.9 Å². The molecule has 0 atom stereocenters. The first-order chi connectivity index (χ1) is 15.2. The normalized spacial score (nSPS) is 11.3. The van der Waals surface area contributed by atoms with Crippen LogP contribution in [0.3, 0.4) is 0 Å². The molecule has 168 valence electrons. The van der Waals surface area contributed by atoms with Gasteiger partial charge in [-0.15, -0.1) is 5.10 Å². The van der Waals surface area contributed by atoms with Crippen LogP contribution in [0, 0.1) is 0 Å². The lowest BCUT2D eigenvalue weighted by atomic mass is 9.82. The minimum absolute atomic E-state index is 0.0133. The molecule has 0 aliphatic rings. The van der Waals surface area contributed by atoms with Crippen molar-refractivity contribution in [3.63, 3.8) is 0 Å². The molecule has 0 aliphatic heterocycles. The van der Waals surface area contributed by atoms with Crippen molar-refractivity contribution in [3.05, 3.63) is 54.1 Å². The van der Waals surface area contributed by atoms with Gasteiger partial charge in [-0.3, -0.25) is 9.89 Å². The maximum Gasteiger partial charge on any atom is 0.330 e. The summed E-state index contributed by atoms with van der Waals surface area (Å²) in [6.07, 6.45) is 1.63.